The highest BCUT2D eigenvalue weighted by molar-refractivity contribution is 5.95. The summed E-state index contributed by atoms with van der Waals surface area (Å²) in [5.74, 6) is -0.171. The van der Waals surface area contributed by atoms with Crippen LogP contribution in [0.25, 0.3) is 0 Å². The summed E-state index contributed by atoms with van der Waals surface area (Å²) in [6, 6.07) is 6.35. The number of nitrogens with one attached hydrogen (secondary N) is 1. The van der Waals surface area contributed by atoms with Gasteiger partial charge in [0.05, 0.1) is 6.04 Å². The number of Topliss-reactive ketones (excluding diaryl/α,β-unsaturated/α-hetero) is 1. The molecule has 2 nitrogen and oxygen atoms in total. The maximum atomic E-state index is 12.8. The average Bonchev–Trinajstić information content (AvgIpc) is 2.34. The number of benzene rings is 1. The van der Waals surface area contributed by atoms with Gasteiger partial charge in [-0.2, -0.15) is 0 Å². The quantitative estimate of drug-likeness (QED) is 0.887. The van der Waals surface area contributed by atoms with Crippen LogP contribution in [0.1, 0.15) is 19.4 Å². The van der Waals surface area contributed by atoms with Crippen molar-refractivity contribution in [2.24, 2.45) is 0 Å². The van der Waals surface area contributed by atoms with Gasteiger partial charge in [0, 0.05) is 5.57 Å². The highest BCUT2D eigenvalue weighted by atomic mass is 19.1. The second-order valence-electron chi connectivity index (χ2n) is 4.59. The molecule has 0 saturated heterocycles. The van der Waals surface area contributed by atoms with Crippen LogP contribution < -0.4 is 5.32 Å². The minimum Gasteiger partial charge on any atom is -0.383 e. The molecule has 0 bridgehead atoms. The van der Waals surface area contributed by atoms with Gasteiger partial charge in [-0.15, -0.1) is 0 Å². The molecule has 0 spiro atoms. The van der Waals surface area contributed by atoms with Gasteiger partial charge >= 0.3 is 0 Å². The van der Waals surface area contributed by atoms with Crippen molar-refractivity contribution < 1.29 is 9.18 Å². The molecule has 94 valence electrons. The van der Waals surface area contributed by atoms with Gasteiger partial charge in [0.15, 0.2) is 5.78 Å². The van der Waals surface area contributed by atoms with E-state index in [4.69, 9.17) is 0 Å². The maximum Gasteiger partial charge on any atom is 0.157 e. The van der Waals surface area contributed by atoms with Gasteiger partial charge < -0.3 is 5.32 Å². The summed E-state index contributed by atoms with van der Waals surface area (Å²) >= 11 is 0. The van der Waals surface area contributed by atoms with Crippen molar-refractivity contribution in [2.45, 2.75) is 26.3 Å². The van der Waals surface area contributed by atoms with Crippen LogP contribution in [0.4, 0.5) is 4.39 Å². The largest absolute Gasteiger partial charge is 0.383 e. The lowest BCUT2D eigenvalue weighted by Gasteiger charge is -2.23. The topological polar surface area (TPSA) is 29.1 Å². The molecular formula is C15H16FNO. The van der Waals surface area contributed by atoms with E-state index in [-0.39, 0.29) is 17.6 Å². The Kier molecular flexibility index (Phi) is 3.60. The first-order valence-corrected chi connectivity index (χ1v) is 5.96. The van der Waals surface area contributed by atoms with E-state index in [0.717, 1.165) is 16.7 Å². The molecule has 0 saturated carbocycles. The van der Waals surface area contributed by atoms with E-state index in [2.05, 4.69) is 5.32 Å². The van der Waals surface area contributed by atoms with E-state index in [1.165, 1.54) is 12.1 Å². The number of halogens is 1. The zero-order valence-electron chi connectivity index (χ0n) is 10.5. The van der Waals surface area contributed by atoms with Gasteiger partial charge in [-0.1, -0.05) is 12.1 Å². The van der Waals surface area contributed by atoms with Crippen molar-refractivity contribution in [1.29, 1.82) is 0 Å². The molecule has 18 heavy (non-hydrogen) atoms. The number of rotatable bonds is 3. The van der Waals surface area contributed by atoms with Crippen molar-refractivity contribution in [3.8, 4) is 0 Å². The molecule has 0 aliphatic carbocycles. The molecule has 1 atom stereocenters. The first kappa shape index (κ1) is 12.6. The van der Waals surface area contributed by atoms with E-state index in [9.17, 15) is 9.18 Å². The fourth-order valence-electron chi connectivity index (χ4n) is 2.08. The van der Waals surface area contributed by atoms with Crippen LogP contribution in [-0.4, -0.2) is 11.8 Å². The number of hydrogen-bond donors (Lipinski definition) is 1. The molecule has 1 aliphatic heterocycles. The Morgan fingerprint density at radius 3 is 2.61 bits per heavy atom. The molecule has 1 N–H and O–H groups in total. The van der Waals surface area contributed by atoms with E-state index in [0.29, 0.717) is 6.42 Å². The van der Waals surface area contributed by atoms with E-state index in [1.807, 2.05) is 19.2 Å². The SMILES string of the molecule is CC(=O)C1=CC(C)=CNC1Cc1ccc(F)cc1. The number of hydrogen-bond acceptors (Lipinski definition) is 2. The summed E-state index contributed by atoms with van der Waals surface area (Å²) in [5.41, 5.74) is 2.82. The summed E-state index contributed by atoms with van der Waals surface area (Å²) in [7, 11) is 0. The van der Waals surface area contributed by atoms with Gasteiger partial charge in [0.25, 0.3) is 0 Å². The molecule has 2 rings (SSSR count). The first-order chi connectivity index (χ1) is 8.56. The monoisotopic (exact) mass is 245 g/mol. The summed E-state index contributed by atoms with van der Waals surface area (Å²) in [6.07, 6.45) is 4.49. The molecule has 0 amide bonds. The lowest BCUT2D eigenvalue weighted by atomic mass is 9.93. The summed E-state index contributed by atoms with van der Waals surface area (Å²) in [6.45, 7) is 3.52. The molecule has 0 radical (unpaired) electrons. The second-order valence-corrected chi connectivity index (χ2v) is 4.59. The molecule has 1 heterocycles. The predicted molar refractivity (Wildman–Crippen MR) is 69.5 cm³/mol. The minimum absolute atomic E-state index is 0.0309. The molecule has 1 aromatic carbocycles. The van der Waals surface area contributed by atoms with Gasteiger partial charge in [0.1, 0.15) is 5.82 Å². The molecule has 0 aromatic heterocycles. The van der Waals surface area contributed by atoms with Crippen molar-refractivity contribution in [1.82, 2.24) is 5.32 Å². The number of ketones is 1. The molecule has 1 aromatic rings. The lowest BCUT2D eigenvalue weighted by molar-refractivity contribution is -0.113. The zero-order valence-corrected chi connectivity index (χ0v) is 10.5. The van der Waals surface area contributed by atoms with Crippen LogP contribution in [0.15, 0.2) is 47.7 Å². The standard InChI is InChI=1S/C15H16FNO/c1-10-7-14(11(2)18)15(17-9-10)8-12-3-5-13(16)6-4-12/h3-7,9,15,17H,8H2,1-2H3. The van der Waals surface area contributed by atoms with E-state index >= 15 is 0 Å². The molecule has 1 unspecified atom stereocenters. The van der Waals surface area contributed by atoms with Crippen LogP contribution in [-0.2, 0) is 11.2 Å². The zero-order chi connectivity index (χ0) is 13.1. The molecule has 0 fully saturated rings. The Morgan fingerprint density at radius 2 is 2.00 bits per heavy atom. The van der Waals surface area contributed by atoms with E-state index < -0.39 is 0 Å². The van der Waals surface area contributed by atoms with Crippen molar-refractivity contribution >= 4 is 5.78 Å². The molecular weight excluding hydrogens is 229 g/mol. The van der Waals surface area contributed by atoms with Crippen molar-refractivity contribution in [2.75, 3.05) is 0 Å². The Morgan fingerprint density at radius 1 is 1.33 bits per heavy atom. The highest BCUT2D eigenvalue weighted by Gasteiger charge is 2.20. The third kappa shape index (κ3) is 2.86. The number of carbonyl (C=O) groups is 1. The predicted octanol–water partition coefficient (Wildman–Crippen LogP) is 2.76. The Hall–Kier alpha value is -1.90. The fourth-order valence-corrected chi connectivity index (χ4v) is 2.08. The van der Waals surface area contributed by atoms with Crippen molar-refractivity contribution in [3.63, 3.8) is 0 Å². The van der Waals surface area contributed by atoms with Gasteiger partial charge in [0.2, 0.25) is 0 Å². The number of dihydropyridines is 1. The van der Waals surface area contributed by atoms with Crippen LogP contribution in [0.2, 0.25) is 0 Å². The minimum atomic E-state index is -0.242. The lowest BCUT2D eigenvalue weighted by Crippen LogP contribution is -2.34. The number of allylic oxidation sites excluding steroid dienone is 2. The van der Waals surface area contributed by atoms with Gasteiger partial charge in [-0.3, -0.25) is 4.79 Å². The van der Waals surface area contributed by atoms with Crippen LogP contribution in [0.5, 0.6) is 0 Å². The van der Waals surface area contributed by atoms with E-state index in [1.54, 1.807) is 19.1 Å². The smallest absolute Gasteiger partial charge is 0.157 e. The first-order valence-electron chi connectivity index (χ1n) is 5.96. The molecule has 1 aliphatic rings. The highest BCUT2D eigenvalue weighted by Crippen LogP contribution is 2.17. The normalized spacial score (nSPS) is 18.7. The Bertz CT molecular complexity index is 514. The Balaban J connectivity index is 2.16. The Labute approximate surface area is 106 Å². The van der Waals surface area contributed by atoms with Crippen LogP contribution >= 0.6 is 0 Å². The summed E-state index contributed by atoms with van der Waals surface area (Å²) < 4.78 is 12.8. The number of carbonyl (C=O) groups excluding carboxylic acids is 1. The van der Waals surface area contributed by atoms with Crippen LogP contribution in [0.3, 0.4) is 0 Å². The van der Waals surface area contributed by atoms with Gasteiger partial charge in [-0.25, -0.2) is 4.39 Å². The van der Waals surface area contributed by atoms with Crippen LogP contribution in [0, 0.1) is 5.82 Å². The van der Waals surface area contributed by atoms with Gasteiger partial charge in [-0.05, 0) is 55.8 Å². The maximum absolute atomic E-state index is 12.8. The summed E-state index contributed by atoms with van der Waals surface area (Å²) in [4.78, 5) is 11.6. The third-order valence-corrected chi connectivity index (χ3v) is 3.03. The molecule has 3 heteroatoms. The third-order valence-electron chi connectivity index (χ3n) is 3.03. The second kappa shape index (κ2) is 5.17. The average molecular weight is 245 g/mol. The van der Waals surface area contributed by atoms with Crippen molar-refractivity contribution in [3.05, 3.63) is 59.1 Å². The fraction of sp³-hybridized carbons (Fsp3) is 0.267. The summed E-state index contributed by atoms with van der Waals surface area (Å²) in [5, 5.41) is 3.22.